The van der Waals surface area contributed by atoms with Crippen LogP contribution >= 0.6 is 0 Å². The van der Waals surface area contributed by atoms with E-state index in [2.05, 4.69) is 0 Å². The van der Waals surface area contributed by atoms with Gasteiger partial charge in [0.25, 0.3) is 0 Å². The van der Waals surface area contributed by atoms with Crippen LogP contribution in [0.1, 0.15) is 6.92 Å². The fourth-order valence-corrected chi connectivity index (χ4v) is 0.365. The van der Waals surface area contributed by atoms with Crippen molar-refractivity contribution in [1.29, 1.82) is 0 Å². The molecule has 0 aliphatic carbocycles. The molecule has 0 heterocycles. The van der Waals surface area contributed by atoms with Gasteiger partial charge in [-0.1, -0.05) is 6.92 Å². The number of rotatable bonds is 2. The van der Waals surface area contributed by atoms with Crippen LogP contribution in [0.25, 0.3) is 0 Å². The van der Waals surface area contributed by atoms with Gasteiger partial charge in [0.1, 0.15) is 0 Å². The highest BCUT2D eigenvalue weighted by molar-refractivity contribution is 6.43. The third-order valence-corrected chi connectivity index (χ3v) is 2.17. The summed E-state index contributed by atoms with van der Waals surface area (Å²) in [6, 6.07) is 0. The van der Waals surface area contributed by atoms with E-state index in [1.807, 2.05) is 0 Å². The van der Waals surface area contributed by atoms with E-state index in [0.717, 1.165) is 0 Å². The molecule has 0 saturated carbocycles. The smallest absolute Gasteiger partial charge is 0.320 e. The molecule has 0 aromatic rings. The second kappa shape index (κ2) is 3.14. The van der Waals surface area contributed by atoms with Gasteiger partial charge in [-0.05, 0) is 6.54 Å². The largest absolute Gasteiger partial charge is 0.413 e. The van der Waals surface area contributed by atoms with Crippen LogP contribution in [0.4, 0.5) is 0 Å². The Balaban J connectivity index is 3.14. The fourth-order valence-electron chi connectivity index (χ4n) is 0.122. The maximum atomic E-state index is 8.44. The first-order valence-corrected chi connectivity index (χ1v) is 3.94. The van der Waals surface area contributed by atoms with Gasteiger partial charge < -0.3 is 15.3 Å². The predicted octanol–water partition coefficient (Wildman–Crippen LogP) is -1.46. The van der Waals surface area contributed by atoms with E-state index >= 15 is 0 Å². The maximum absolute atomic E-state index is 8.44. The zero-order valence-corrected chi connectivity index (χ0v) is 5.49. The Morgan fingerprint density at radius 3 is 2.14 bits per heavy atom. The van der Waals surface area contributed by atoms with Crippen LogP contribution in [0.15, 0.2) is 0 Å². The Labute approximate surface area is 44.6 Å². The Morgan fingerprint density at radius 1 is 1.71 bits per heavy atom. The Hall–Kier alpha value is 0.0969. The van der Waals surface area contributed by atoms with Crippen LogP contribution < -0.4 is 5.73 Å². The molecule has 0 amide bonds. The Bertz CT molecular complexity index is 50.2. The van der Waals surface area contributed by atoms with Crippen LogP contribution in [0.2, 0.25) is 5.54 Å². The highest BCUT2D eigenvalue weighted by Crippen LogP contribution is 1.98. The molecule has 0 spiro atoms. The van der Waals surface area contributed by atoms with E-state index in [1.54, 1.807) is 6.92 Å². The first kappa shape index (κ1) is 7.10. The lowest BCUT2D eigenvalue weighted by Crippen LogP contribution is -2.24. The molecule has 0 bridgehead atoms. The predicted molar refractivity (Wildman–Crippen MR) is 30.1 cm³/mol. The monoisotopic (exact) mass is 121 g/mol. The lowest BCUT2D eigenvalue weighted by Gasteiger charge is -2.05. The molecule has 0 aliphatic heterocycles. The summed E-state index contributed by atoms with van der Waals surface area (Å²) in [5, 5.41) is 0. The summed E-state index contributed by atoms with van der Waals surface area (Å²) in [5.41, 5.74) is 5.02. The topological polar surface area (TPSA) is 66.5 Å². The van der Waals surface area contributed by atoms with Gasteiger partial charge in [-0.2, -0.15) is 0 Å². The Kier molecular flexibility index (Phi) is 3.19. The average Bonchev–Trinajstić information content (AvgIpc) is 1.65. The summed E-state index contributed by atoms with van der Waals surface area (Å²) in [6.45, 7) is 2.11. The minimum Gasteiger partial charge on any atom is -0.413 e. The van der Waals surface area contributed by atoms with Crippen LogP contribution in [0.3, 0.4) is 0 Å². The molecule has 7 heavy (non-hydrogen) atoms. The molecule has 0 fully saturated rings. The van der Waals surface area contributed by atoms with Crippen molar-refractivity contribution in [2.24, 2.45) is 5.73 Å². The van der Waals surface area contributed by atoms with Crippen molar-refractivity contribution >= 4 is 9.28 Å². The molecule has 0 aliphatic rings. The van der Waals surface area contributed by atoms with Gasteiger partial charge in [-0.25, -0.2) is 0 Å². The number of hydrogen-bond acceptors (Lipinski definition) is 3. The summed E-state index contributed by atoms with van der Waals surface area (Å²) in [5.74, 6) is 0. The van der Waals surface area contributed by atoms with Crippen LogP contribution in [0, 0.1) is 0 Å². The first-order valence-electron chi connectivity index (χ1n) is 2.24. The fraction of sp³-hybridized carbons (Fsp3) is 1.00. The second-order valence-electron chi connectivity index (χ2n) is 1.63. The van der Waals surface area contributed by atoms with E-state index in [-0.39, 0.29) is 5.54 Å². The summed E-state index contributed by atoms with van der Waals surface area (Å²) >= 11 is 0. The van der Waals surface area contributed by atoms with E-state index in [9.17, 15) is 0 Å². The molecule has 4 N–H and O–H groups in total. The van der Waals surface area contributed by atoms with Crippen LogP contribution in [-0.2, 0) is 0 Å². The molecule has 44 valence electrons. The van der Waals surface area contributed by atoms with Crippen molar-refractivity contribution in [2.75, 3.05) is 6.54 Å². The minimum absolute atomic E-state index is 0.0694. The van der Waals surface area contributed by atoms with Crippen molar-refractivity contribution in [3.63, 3.8) is 0 Å². The standard InChI is InChI=1S/C3H11NO2Si/c1-3(2-4)7(5)6/h3,5-7H,2,4H2,1H3. The zero-order chi connectivity index (χ0) is 5.86. The van der Waals surface area contributed by atoms with Crippen molar-refractivity contribution < 1.29 is 9.59 Å². The van der Waals surface area contributed by atoms with Crippen molar-refractivity contribution in [3.8, 4) is 0 Å². The normalized spacial score (nSPS) is 15.0. The molecule has 0 rings (SSSR count). The minimum atomic E-state index is -2.39. The van der Waals surface area contributed by atoms with Gasteiger partial charge in [0, 0.05) is 5.54 Å². The van der Waals surface area contributed by atoms with E-state index < -0.39 is 9.28 Å². The zero-order valence-electron chi connectivity index (χ0n) is 4.33. The summed E-state index contributed by atoms with van der Waals surface area (Å²) in [7, 11) is -2.39. The molecule has 4 heteroatoms. The maximum Gasteiger partial charge on any atom is 0.320 e. The van der Waals surface area contributed by atoms with E-state index in [0.29, 0.717) is 6.54 Å². The average molecular weight is 121 g/mol. The molecule has 0 aromatic carbocycles. The molecule has 0 radical (unpaired) electrons. The van der Waals surface area contributed by atoms with Crippen molar-refractivity contribution in [3.05, 3.63) is 0 Å². The number of nitrogens with two attached hydrogens (primary N) is 1. The first-order chi connectivity index (χ1) is 3.18. The Morgan fingerprint density at radius 2 is 2.14 bits per heavy atom. The van der Waals surface area contributed by atoms with Crippen LogP contribution in [0.5, 0.6) is 0 Å². The van der Waals surface area contributed by atoms with Gasteiger partial charge in [0.2, 0.25) is 0 Å². The molecule has 1 atom stereocenters. The van der Waals surface area contributed by atoms with Gasteiger partial charge in [0.15, 0.2) is 0 Å². The van der Waals surface area contributed by atoms with Gasteiger partial charge in [0.05, 0.1) is 0 Å². The third kappa shape index (κ3) is 2.75. The molecule has 1 unspecified atom stereocenters. The van der Waals surface area contributed by atoms with E-state index in [1.165, 1.54) is 0 Å². The van der Waals surface area contributed by atoms with Crippen LogP contribution in [-0.4, -0.2) is 25.4 Å². The third-order valence-electron chi connectivity index (χ3n) is 0.881. The molecule has 3 nitrogen and oxygen atoms in total. The summed E-state index contributed by atoms with van der Waals surface area (Å²) in [6.07, 6.45) is 0. The highest BCUT2D eigenvalue weighted by Gasteiger charge is 2.10. The van der Waals surface area contributed by atoms with Crippen molar-refractivity contribution in [2.45, 2.75) is 12.5 Å². The van der Waals surface area contributed by atoms with E-state index in [4.69, 9.17) is 15.3 Å². The second-order valence-corrected chi connectivity index (χ2v) is 3.59. The van der Waals surface area contributed by atoms with Crippen molar-refractivity contribution in [1.82, 2.24) is 0 Å². The van der Waals surface area contributed by atoms with Gasteiger partial charge in [-0.15, -0.1) is 0 Å². The molecular weight excluding hydrogens is 110 g/mol. The molecule has 0 aromatic heterocycles. The highest BCUT2D eigenvalue weighted by atomic mass is 28.3. The van der Waals surface area contributed by atoms with Gasteiger partial charge in [-0.3, -0.25) is 0 Å². The lowest BCUT2D eigenvalue weighted by atomic mass is 10.5. The lowest BCUT2D eigenvalue weighted by molar-refractivity contribution is 0.389. The molecular formula is C3H11NO2Si. The molecule has 0 saturated heterocycles. The number of hydrogen-bond donors (Lipinski definition) is 3. The summed E-state index contributed by atoms with van der Waals surface area (Å²) < 4.78 is 0. The summed E-state index contributed by atoms with van der Waals surface area (Å²) in [4.78, 5) is 16.9. The van der Waals surface area contributed by atoms with Gasteiger partial charge >= 0.3 is 9.28 Å². The SMILES string of the molecule is CC(CN)[SiH](O)O. The quantitative estimate of drug-likeness (QED) is 0.391.